The van der Waals surface area contributed by atoms with E-state index in [-0.39, 0.29) is 5.92 Å². The van der Waals surface area contributed by atoms with E-state index < -0.39 is 0 Å². The van der Waals surface area contributed by atoms with Gasteiger partial charge < -0.3 is 15.2 Å². The minimum atomic E-state index is 0.281. The Morgan fingerprint density at radius 3 is 2.62 bits per heavy atom. The van der Waals surface area contributed by atoms with Crippen LogP contribution < -0.4 is 15.2 Å². The largest absolute Gasteiger partial charge is 0.495 e. The summed E-state index contributed by atoms with van der Waals surface area (Å²) in [5.74, 6) is 2.07. The standard InChI is InChI=1S/C16H18N2O2S/c1-9-6-4-5-7-10(9)16-18-13-14(20-3)11(17)8-12(19-2)15(13)21-16/h4-10H,17H2,1-3H3. The highest BCUT2D eigenvalue weighted by Crippen LogP contribution is 2.44. The van der Waals surface area contributed by atoms with Crippen molar-refractivity contribution in [3.8, 4) is 11.5 Å². The van der Waals surface area contributed by atoms with Crippen molar-refractivity contribution in [3.63, 3.8) is 0 Å². The molecule has 1 aliphatic rings. The number of nitrogens with two attached hydrogens (primary N) is 1. The van der Waals surface area contributed by atoms with Crippen molar-refractivity contribution in [2.75, 3.05) is 20.0 Å². The molecular weight excluding hydrogens is 284 g/mol. The first kappa shape index (κ1) is 13.9. The fourth-order valence-electron chi connectivity index (χ4n) is 2.60. The van der Waals surface area contributed by atoms with Gasteiger partial charge in [-0.3, -0.25) is 0 Å². The molecule has 1 aromatic heterocycles. The zero-order chi connectivity index (χ0) is 15.0. The molecular formula is C16H18N2O2S. The molecule has 0 fully saturated rings. The Morgan fingerprint density at radius 1 is 1.19 bits per heavy atom. The molecule has 0 amide bonds. The average molecular weight is 302 g/mol. The molecule has 1 aliphatic carbocycles. The van der Waals surface area contributed by atoms with Gasteiger partial charge in [0.1, 0.15) is 21.0 Å². The molecule has 0 spiro atoms. The van der Waals surface area contributed by atoms with Gasteiger partial charge in [0.15, 0.2) is 5.75 Å². The zero-order valence-corrected chi connectivity index (χ0v) is 13.1. The topological polar surface area (TPSA) is 57.4 Å². The fraction of sp³-hybridized carbons (Fsp3) is 0.312. The normalized spacial score (nSPS) is 20.9. The molecule has 0 bridgehead atoms. The number of rotatable bonds is 3. The Morgan fingerprint density at radius 2 is 1.95 bits per heavy atom. The third-order valence-electron chi connectivity index (χ3n) is 3.75. The molecule has 5 heteroatoms. The van der Waals surface area contributed by atoms with E-state index in [0.29, 0.717) is 17.4 Å². The summed E-state index contributed by atoms with van der Waals surface area (Å²) in [6.07, 6.45) is 8.53. The number of thiazole rings is 1. The van der Waals surface area contributed by atoms with Gasteiger partial charge in [-0.15, -0.1) is 11.3 Å². The van der Waals surface area contributed by atoms with E-state index in [4.69, 9.17) is 20.2 Å². The average Bonchev–Trinajstić information content (AvgIpc) is 2.91. The molecule has 0 saturated heterocycles. The highest BCUT2D eigenvalue weighted by Gasteiger charge is 2.23. The molecule has 1 aromatic carbocycles. The number of benzene rings is 1. The highest BCUT2D eigenvalue weighted by molar-refractivity contribution is 7.19. The fourth-order valence-corrected chi connectivity index (χ4v) is 3.85. The highest BCUT2D eigenvalue weighted by atomic mass is 32.1. The van der Waals surface area contributed by atoms with Crippen LogP contribution in [0.2, 0.25) is 0 Å². The van der Waals surface area contributed by atoms with Crippen molar-refractivity contribution in [1.29, 1.82) is 0 Å². The van der Waals surface area contributed by atoms with Crippen LogP contribution >= 0.6 is 11.3 Å². The van der Waals surface area contributed by atoms with Gasteiger partial charge in [0, 0.05) is 12.0 Å². The number of hydrogen-bond donors (Lipinski definition) is 1. The van der Waals surface area contributed by atoms with E-state index in [2.05, 4.69) is 31.2 Å². The summed E-state index contributed by atoms with van der Waals surface area (Å²) in [5.41, 5.74) is 7.35. The van der Waals surface area contributed by atoms with E-state index >= 15 is 0 Å². The van der Waals surface area contributed by atoms with Crippen LogP contribution in [0.15, 0.2) is 30.4 Å². The SMILES string of the molecule is COc1c(N)cc(OC)c2sc(C3C=CC=CC3C)nc12. The molecule has 0 saturated carbocycles. The monoisotopic (exact) mass is 302 g/mol. The number of nitrogens with zero attached hydrogens (tertiary/aromatic N) is 1. The van der Waals surface area contributed by atoms with Crippen molar-refractivity contribution in [2.45, 2.75) is 12.8 Å². The number of nitrogen functional groups attached to an aromatic ring is 1. The molecule has 0 radical (unpaired) electrons. The molecule has 2 N–H and O–H groups in total. The molecule has 0 aliphatic heterocycles. The predicted octanol–water partition coefficient (Wildman–Crippen LogP) is 3.74. The van der Waals surface area contributed by atoms with E-state index in [1.807, 2.05) is 0 Å². The van der Waals surface area contributed by atoms with Gasteiger partial charge in [-0.1, -0.05) is 31.2 Å². The summed E-state index contributed by atoms with van der Waals surface area (Å²) in [6.45, 7) is 2.19. The lowest BCUT2D eigenvalue weighted by molar-refractivity contribution is 0.412. The van der Waals surface area contributed by atoms with E-state index in [0.717, 1.165) is 21.0 Å². The Hall–Kier alpha value is -2.01. The predicted molar refractivity (Wildman–Crippen MR) is 87.3 cm³/mol. The van der Waals surface area contributed by atoms with Gasteiger partial charge in [0.05, 0.1) is 19.9 Å². The van der Waals surface area contributed by atoms with Crippen LogP contribution in [0.4, 0.5) is 5.69 Å². The van der Waals surface area contributed by atoms with E-state index in [1.54, 1.807) is 31.6 Å². The molecule has 21 heavy (non-hydrogen) atoms. The van der Waals surface area contributed by atoms with Crippen molar-refractivity contribution in [2.24, 2.45) is 5.92 Å². The van der Waals surface area contributed by atoms with Crippen LogP contribution in [0, 0.1) is 5.92 Å². The summed E-state index contributed by atoms with van der Waals surface area (Å²) in [6, 6.07) is 1.79. The van der Waals surface area contributed by atoms with Gasteiger partial charge in [0.2, 0.25) is 0 Å². The van der Waals surface area contributed by atoms with Gasteiger partial charge in [-0.05, 0) is 5.92 Å². The number of aromatic nitrogens is 1. The van der Waals surface area contributed by atoms with E-state index in [1.165, 1.54) is 0 Å². The van der Waals surface area contributed by atoms with Gasteiger partial charge >= 0.3 is 0 Å². The van der Waals surface area contributed by atoms with Crippen LogP contribution in [0.3, 0.4) is 0 Å². The van der Waals surface area contributed by atoms with Crippen LogP contribution in [0.25, 0.3) is 10.2 Å². The molecule has 110 valence electrons. The number of ether oxygens (including phenoxy) is 2. The van der Waals surface area contributed by atoms with Crippen molar-refractivity contribution in [1.82, 2.24) is 4.98 Å². The minimum absolute atomic E-state index is 0.281. The first-order chi connectivity index (χ1) is 10.2. The Labute approximate surface area is 127 Å². The number of allylic oxidation sites excluding steroid dienone is 4. The van der Waals surface area contributed by atoms with E-state index in [9.17, 15) is 0 Å². The van der Waals surface area contributed by atoms with Crippen molar-refractivity contribution < 1.29 is 9.47 Å². The number of fused-ring (bicyclic) bond motifs is 1. The third kappa shape index (κ3) is 2.27. The lowest BCUT2D eigenvalue weighted by Gasteiger charge is -2.17. The first-order valence-corrected chi connectivity index (χ1v) is 7.63. The maximum absolute atomic E-state index is 6.02. The van der Waals surface area contributed by atoms with Gasteiger partial charge in [-0.25, -0.2) is 4.98 Å². The maximum atomic E-state index is 6.02. The third-order valence-corrected chi connectivity index (χ3v) is 4.92. The van der Waals surface area contributed by atoms with Gasteiger partial charge in [-0.2, -0.15) is 0 Å². The summed E-state index contributed by atoms with van der Waals surface area (Å²) >= 11 is 1.64. The Bertz CT molecular complexity index is 733. The lowest BCUT2D eigenvalue weighted by atomic mass is 9.91. The number of anilines is 1. The van der Waals surface area contributed by atoms with Gasteiger partial charge in [0.25, 0.3) is 0 Å². The van der Waals surface area contributed by atoms with Crippen LogP contribution in [-0.4, -0.2) is 19.2 Å². The van der Waals surface area contributed by atoms with Crippen molar-refractivity contribution >= 4 is 27.2 Å². The molecule has 2 atom stereocenters. The van der Waals surface area contributed by atoms with Crippen molar-refractivity contribution in [3.05, 3.63) is 35.4 Å². The second-order valence-corrected chi connectivity index (χ2v) is 6.12. The molecule has 4 nitrogen and oxygen atoms in total. The van der Waals surface area contributed by atoms with Crippen LogP contribution in [0.1, 0.15) is 17.8 Å². The molecule has 2 aromatic rings. The minimum Gasteiger partial charge on any atom is -0.495 e. The smallest absolute Gasteiger partial charge is 0.169 e. The number of hydrogen-bond acceptors (Lipinski definition) is 5. The van der Waals surface area contributed by atoms with Crippen LogP contribution in [0.5, 0.6) is 11.5 Å². The first-order valence-electron chi connectivity index (χ1n) is 6.81. The Balaban J connectivity index is 2.19. The summed E-state index contributed by atoms with van der Waals surface area (Å²) in [7, 11) is 3.26. The Kier molecular flexibility index (Phi) is 3.59. The molecule has 2 unspecified atom stereocenters. The molecule has 3 rings (SSSR count). The summed E-state index contributed by atoms with van der Waals surface area (Å²) in [4.78, 5) is 4.78. The summed E-state index contributed by atoms with van der Waals surface area (Å²) < 4.78 is 11.8. The summed E-state index contributed by atoms with van der Waals surface area (Å²) in [5, 5.41) is 1.06. The van der Waals surface area contributed by atoms with Crippen LogP contribution in [-0.2, 0) is 0 Å². The quantitative estimate of drug-likeness (QED) is 0.877. The second-order valence-electron chi connectivity index (χ2n) is 5.09. The lowest BCUT2D eigenvalue weighted by Crippen LogP contribution is -2.06. The maximum Gasteiger partial charge on any atom is 0.169 e. The second kappa shape index (κ2) is 5.41. The number of methoxy groups -OCH3 is 2. The molecule has 1 heterocycles. The zero-order valence-electron chi connectivity index (χ0n) is 12.3.